The number of rotatable bonds is 9. The van der Waals surface area contributed by atoms with Gasteiger partial charge in [-0.05, 0) is 44.0 Å². The molecule has 0 radical (unpaired) electrons. The van der Waals surface area contributed by atoms with Crippen molar-refractivity contribution in [3.8, 4) is 5.75 Å². The molecule has 0 aliphatic rings. The molecular formula is C18H24O4. The SMILES string of the molecule is C=CC(=O)OC(CCCCC)Oc1ccc(C(C)=O)c(C)c1. The largest absolute Gasteiger partial charge is 0.455 e. The molecule has 0 spiro atoms. The van der Waals surface area contributed by atoms with E-state index in [4.69, 9.17) is 9.47 Å². The van der Waals surface area contributed by atoms with Crippen molar-refractivity contribution in [1.82, 2.24) is 0 Å². The summed E-state index contributed by atoms with van der Waals surface area (Å²) in [6.45, 7) is 8.88. The standard InChI is InChI=1S/C18H24O4/c1-5-7-8-9-18(22-17(20)6-2)21-15-10-11-16(14(4)19)13(3)12-15/h6,10-12,18H,2,5,7-9H2,1,3-4H3. The molecule has 1 atom stereocenters. The molecule has 0 aliphatic heterocycles. The van der Waals surface area contributed by atoms with Crippen LogP contribution in [0.4, 0.5) is 0 Å². The van der Waals surface area contributed by atoms with Crippen LogP contribution in [0.1, 0.15) is 55.5 Å². The monoisotopic (exact) mass is 304 g/mol. The Labute approximate surface area is 132 Å². The molecule has 0 aromatic heterocycles. The summed E-state index contributed by atoms with van der Waals surface area (Å²) in [6, 6.07) is 5.23. The Hall–Kier alpha value is -2.10. The zero-order valence-corrected chi connectivity index (χ0v) is 13.6. The first kappa shape index (κ1) is 18.0. The van der Waals surface area contributed by atoms with E-state index in [0.717, 1.165) is 30.9 Å². The van der Waals surface area contributed by atoms with Crippen LogP contribution in [0.3, 0.4) is 0 Å². The Morgan fingerprint density at radius 1 is 1.32 bits per heavy atom. The van der Waals surface area contributed by atoms with Gasteiger partial charge in [0, 0.05) is 18.1 Å². The zero-order chi connectivity index (χ0) is 16.5. The number of carbonyl (C=O) groups is 2. The molecule has 0 saturated carbocycles. The van der Waals surface area contributed by atoms with E-state index in [1.165, 1.54) is 6.92 Å². The van der Waals surface area contributed by atoms with Crippen LogP contribution in [0.2, 0.25) is 0 Å². The van der Waals surface area contributed by atoms with Crippen LogP contribution in [0.25, 0.3) is 0 Å². The van der Waals surface area contributed by atoms with Crippen molar-refractivity contribution in [1.29, 1.82) is 0 Å². The summed E-state index contributed by atoms with van der Waals surface area (Å²) in [4.78, 5) is 22.8. The maximum absolute atomic E-state index is 11.4. The molecule has 1 unspecified atom stereocenters. The fraction of sp³-hybridized carbons (Fsp3) is 0.444. The van der Waals surface area contributed by atoms with Crippen molar-refractivity contribution in [2.24, 2.45) is 0 Å². The van der Waals surface area contributed by atoms with Gasteiger partial charge in [0.25, 0.3) is 0 Å². The molecule has 120 valence electrons. The van der Waals surface area contributed by atoms with E-state index in [1.807, 2.05) is 6.92 Å². The number of benzene rings is 1. The molecule has 4 heteroatoms. The number of unbranched alkanes of at least 4 members (excludes halogenated alkanes) is 2. The highest BCUT2D eigenvalue weighted by Crippen LogP contribution is 2.21. The van der Waals surface area contributed by atoms with E-state index >= 15 is 0 Å². The third-order valence-electron chi connectivity index (χ3n) is 3.30. The van der Waals surface area contributed by atoms with Gasteiger partial charge in [-0.1, -0.05) is 26.3 Å². The second-order valence-corrected chi connectivity index (χ2v) is 5.22. The minimum Gasteiger partial charge on any atom is -0.455 e. The molecule has 0 fully saturated rings. The van der Waals surface area contributed by atoms with Gasteiger partial charge < -0.3 is 9.47 Å². The summed E-state index contributed by atoms with van der Waals surface area (Å²) in [5.74, 6) is 0.0982. The molecule has 0 aliphatic carbocycles. The molecule has 0 heterocycles. The lowest BCUT2D eigenvalue weighted by molar-refractivity contribution is -0.158. The lowest BCUT2D eigenvalue weighted by Crippen LogP contribution is -2.23. The Morgan fingerprint density at radius 3 is 2.59 bits per heavy atom. The summed E-state index contributed by atoms with van der Waals surface area (Å²) >= 11 is 0. The Balaban J connectivity index is 2.78. The fourth-order valence-corrected chi connectivity index (χ4v) is 2.14. The van der Waals surface area contributed by atoms with E-state index in [1.54, 1.807) is 18.2 Å². The summed E-state index contributed by atoms with van der Waals surface area (Å²) in [6.07, 6.45) is 4.15. The van der Waals surface area contributed by atoms with Crippen LogP contribution < -0.4 is 4.74 Å². The maximum atomic E-state index is 11.4. The van der Waals surface area contributed by atoms with Gasteiger partial charge in [-0.3, -0.25) is 4.79 Å². The summed E-state index contributed by atoms with van der Waals surface area (Å²) in [5.41, 5.74) is 1.50. The van der Waals surface area contributed by atoms with Crippen LogP contribution >= 0.6 is 0 Å². The average molecular weight is 304 g/mol. The highest BCUT2D eigenvalue weighted by molar-refractivity contribution is 5.95. The molecule has 0 N–H and O–H groups in total. The van der Waals surface area contributed by atoms with Crippen molar-refractivity contribution in [2.75, 3.05) is 0 Å². The Bertz CT molecular complexity index is 534. The van der Waals surface area contributed by atoms with Crippen LogP contribution in [0, 0.1) is 6.92 Å². The second kappa shape index (κ2) is 9.03. The van der Waals surface area contributed by atoms with Gasteiger partial charge in [-0.15, -0.1) is 0 Å². The van der Waals surface area contributed by atoms with Crippen molar-refractivity contribution >= 4 is 11.8 Å². The van der Waals surface area contributed by atoms with Gasteiger partial charge in [0.2, 0.25) is 6.29 Å². The van der Waals surface area contributed by atoms with Crippen molar-refractivity contribution in [3.05, 3.63) is 42.0 Å². The smallest absolute Gasteiger partial charge is 0.333 e. The van der Waals surface area contributed by atoms with Gasteiger partial charge >= 0.3 is 5.97 Å². The third-order valence-corrected chi connectivity index (χ3v) is 3.30. The van der Waals surface area contributed by atoms with Crippen LogP contribution in [-0.4, -0.2) is 18.0 Å². The lowest BCUT2D eigenvalue weighted by atomic mass is 10.1. The predicted octanol–water partition coefficient (Wildman–Crippen LogP) is 4.21. The summed E-state index contributed by atoms with van der Waals surface area (Å²) in [7, 11) is 0. The quantitative estimate of drug-likeness (QED) is 0.225. The minimum atomic E-state index is -0.639. The highest BCUT2D eigenvalue weighted by atomic mass is 16.7. The molecular weight excluding hydrogens is 280 g/mol. The predicted molar refractivity (Wildman–Crippen MR) is 86.0 cm³/mol. The Morgan fingerprint density at radius 2 is 2.05 bits per heavy atom. The lowest BCUT2D eigenvalue weighted by Gasteiger charge is -2.19. The van der Waals surface area contributed by atoms with Crippen LogP contribution in [0.5, 0.6) is 5.75 Å². The van der Waals surface area contributed by atoms with Crippen molar-refractivity contribution in [3.63, 3.8) is 0 Å². The van der Waals surface area contributed by atoms with Gasteiger partial charge in [0.15, 0.2) is 5.78 Å². The number of aryl methyl sites for hydroxylation is 1. The van der Waals surface area contributed by atoms with Gasteiger partial charge in [0.1, 0.15) is 5.75 Å². The molecule has 0 saturated heterocycles. The van der Waals surface area contributed by atoms with E-state index < -0.39 is 12.3 Å². The zero-order valence-electron chi connectivity index (χ0n) is 13.6. The minimum absolute atomic E-state index is 0.0154. The molecule has 1 aromatic rings. The highest BCUT2D eigenvalue weighted by Gasteiger charge is 2.15. The van der Waals surface area contributed by atoms with E-state index in [-0.39, 0.29) is 5.78 Å². The average Bonchev–Trinajstić information content (AvgIpc) is 2.46. The number of ether oxygens (including phenoxy) is 2. The number of hydrogen-bond acceptors (Lipinski definition) is 4. The fourth-order valence-electron chi connectivity index (χ4n) is 2.14. The molecule has 1 rings (SSSR count). The van der Waals surface area contributed by atoms with Gasteiger partial charge in [0.05, 0.1) is 0 Å². The van der Waals surface area contributed by atoms with Crippen LogP contribution in [0.15, 0.2) is 30.9 Å². The van der Waals surface area contributed by atoms with Gasteiger partial charge in [-0.2, -0.15) is 0 Å². The molecule has 0 bridgehead atoms. The number of ketones is 1. The van der Waals surface area contributed by atoms with Crippen molar-refractivity contribution in [2.45, 2.75) is 52.7 Å². The molecule has 22 heavy (non-hydrogen) atoms. The first-order valence-corrected chi connectivity index (χ1v) is 7.59. The first-order valence-electron chi connectivity index (χ1n) is 7.59. The summed E-state index contributed by atoms with van der Waals surface area (Å²) in [5, 5.41) is 0. The third kappa shape index (κ3) is 5.72. The molecule has 1 aromatic carbocycles. The van der Waals surface area contributed by atoms with E-state index in [9.17, 15) is 9.59 Å². The summed E-state index contributed by atoms with van der Waals surface area (Å²) < 4.78 is 11.0. The van der Waals surface area contributed by atoms with Gasteiger partial charge in [-0.25, -0.2) is 4.79 Å². The number of hydrogen-bond donors (Lipinski definition) is 0. The Kier molecular flexibility index (Phi) is 7.37. The van der Waals surface area contributed by atoms with E-state index in [2.05, 4.69) is 13.5 Å². The molecule has 4 nitrogen and oxygen atoms in total. The normalized spacial score (nSPS) is 11.6. The van der Waals surface area contributed by atoms with Crippen molar-refractivity contribution < 1.29 is 19.1 Å². The second-order valence-electron chi connectivity index (χ2n) is 5.22. The maximum Gasteiger partial charge on any atom is 0.333 e. The first-order chi connectivity index (χ1) is 10.5. The van der Waals surface area contributed by atoms with Crippen LogP contribution in [-0.2, 0) is 9.53 Å². The molecule has 0 amide bonds. The number of Topliss-reactive ketones (excluding diaryl/α,β-unsaturated/α-hetero) is 1. The topological polar surface area (TPSA) is 52.6 Å². The number of esters is 1. The number of carbonyl (C=O) groups excluding carboxylic acids is 2. The van der Waals surface area contributed by atoms with E-state index in [0.29, 0.717) is 17.7 Å².